The van der Waals surface area contributed by atoms with Crippen LogP contribution in [0.25, 0.3) is 0 Å². The van der Waals surface area contributed by atoms with Gasteiger partial charge in [-0.25, -0.2) is 0 Å². The van der Waals surface area contributed by atoms with Gasteiger partial charge in [0.2, 0.25) is 0 Å². The van der Waals surface area contributed by atoms with Gasteiger partial charge in [-0.2, -0.15) is 0 Å². The van der Waals surface area contributed by atoms with Crippen molar-refractivity contribution in [3.05, 3.63) is 0 Å². The zero-order valence-corrected chi connectivity index (χ0v) is 6.83. The highest BCUT2D eigenvalue weighted by atomic mass is 16.6. The molecule has 1 aliphatic heterocycles. The summed E-state index contributed by atoms with van der Waals surface area (Å²) in [6.45, 7) is 0.862. The number of hydrogen-bond acceptors (Lipinski definition) is 2. The monoisotopic (exact) mass is 153 g/mol. The Morgan fingerprint density at radius 3 is 2.64 bits per heavy atom. The van der Waals surface area contributed by atoms with E-state index in [1.165, 1.54) is 25.7 Å². The van der Waals surface area contributed by atoms with Gasteiger partial charge in [0.05, 0.1) is 0 Å². The number of hydrogen-bond donors (Lipinski definition) is 0. The molecule has 2 heteroatoms. The van der Waals surface area contributed by atoms with Gasteiger partial charge < -0.3 is 4.84 Å². The second-order valence-corrected chi connectivity index (χ2v) is 3.62. The van der Waals surface area contributed by atoms with Crippen molar-refractivity contribution in [2.45, 2.75) is 32.1 Å². The molecule has 2 aliphatic rings. The van der Waals surface area contributed by atoms with E-state index in [2.05, 4.69) is 5.16 Å². The molecule has 1 fully saturated rings. The van der Waals surface area contributed by atoms with E-state index in [4.69, 9.17) is 4.84 Å². The highest BCUT2D eigenvalue weighted by Crippen LogP contribution is 2.33. The Morgan fingerprint density at radius 2 is 2.00 bits per heavy atom. The molecule has 1 atom stereocenters. The van der Waals surface area contributed by atoms with Crippen molar-refractivity contribution in [2.24, 2.45) is 17.0 Å². The fourth-order valence-corrected chi connectivity index (χ4v) is 2.20. The third-order valence-corrected chi connectivity index (χ3v) is 2.91. The Bertz CT molecular complexity index is 150. The number of oxime groups is 1. The Hall–Kier alpha value is -0.530. The van der Waals surface area contributed by atoms with E-state index < -0.39 is 0 Å². The lowest BCUT2D eigenvalue weighted by atomic mass is 9.89. The fourth-order valence-electron chi connectivity index (χ4n) is 2.20. The van der Waals surface area contributed by atoms with Gasteiger partial charge in [-0.3, -0.25) is 0 Å². The molecular weight excluding hydrogens is 138 g/mol. The van der Waals surface area contributed by atoms with Crippen LogP contribution in [0, 0.1) is 11.8 Å². The summed E-state index contributed by atoms with van der Waals surface area (Å²) in [6, 6.07) is 0. The van der Waals surface area contributed by atoms with Crippen molar-refractivity contribution in [1.29, 1.82) is 0 Å². The predicted molar refractivity (Wildman–Crippen MR) is 44.5 cm³/mol. The first kappa shape index (κ1) is 7.14. The standard InChI is InChI=1S/C9H15NO/c1-2-4-8(3-1)9-5-6-10-11-7-9/h6,8-9H,1-5,7H2. The minimum Gasteiger partial charge on any atom is -0.396 e. The van der Waals surface area contributed by atoms with Gasteiger partial charge in [-0.1, -0.05) is 30.8 Å². The topological polar surface area (TPSA) is 21.6 Å². The van der Waals surface area contributed by atoms with Gasteiger partial charge in [0.1, 0.15) is 6.61 Å². The maximum absolute atomic E-state index is 5.06. The van der Waals surface area contributed by atoms with E-state index in [-0.39, 0.29) is 0 Å². The maximum atomic E-state index is 5.06. The summed E-state index contributed by atoms with van der Waals surface area (Å²) in [5.74, 6) is 1.71. The third-order valence-electron chi connectivity index (χ3n) is 2.91. The van der Waals surface area contributed by atoms with Crippen molar-refractivity contribution in [1.82, 2.24) is 0 Å². The summed E-state index contributed by atoms with van der Waals surface area (Å²) in [6.07, 6.45) is 8.76. The summed E-state index contributed by atoms with van der Waals surface area (Å²) in [5.41, 5.74) is 0. The second kappa shape index (κ2) is 3.24. The molecule has 1 aliphatic carbocycles. The maximum Gasteiger partial charge on any atom is 0.120 e. The van der Waals surface area contributed by atoms with Crippen LogP contribution < -0.4 is 0 Å². The summed E-state index contributed by atoms with van der Waals surface area (Å²) >= 11 is 0. The van der Waals surface area contributed by atoms with Crippen molar-refractivity contribution in [2.75, 3.05) is 6.61 Å². The molecular formula is C9H15NO. The molecule has 1 unspecified atom stereocenters. The average Bonchev–Trinajstić information content (AvgIpc) is 2.58. The molecule has 0 aromatic heterocycles. The smallest absolute Gasteiger partial charge is 0.120 e. The van der Waals surface area contributed by atoms with Gasteiger partial charge in [-0.15, -0.1) is 0 Å². The highest BCUT2D eigenvalue weighted by Gasteiger charge is 2.26. The Labute approximate surface area is 67.6 Å². The Morgan fingerprint density at radius 1 is 1.18 bits per heavy atom. The van der Waals surface area contributed by atoms with Gasteiger partial charge in [0.15, 0.2) is 0 Å². The second-order valence-electron chi connectivity index (χ2n) is 3.62. The fraction of sp³-hybridized carbons (Fsp3) is 0.889. The van der Waals surface area contributed by atoms with Crippen molar-refractivity contribution in [3.8, 4) is 0 Å². The van der Waals surface area contributed by atoms with Crippen LogP contribution in [0.5, 0.6) is 0 Å². The lowest BCUT2D eigenvalue weighted by molar-refractivity contribution is 0.0737. The normalized spacial score (nSPS) is 32.2. The van der Waals surface area contributed by atoms with Gasteiger partial charge >= 0.3 is 0 Å². The molecule has 2 rings (SSSR count). The lowest BCUT2D eigenvalue weighted by Crippen LogP contribution is -2.20. The van der Waals surface area contributed by atoms with Crippen LogP contribution in [0.15, 0.2) is 5.16 Å². The summed E-state index contributed by atoms with van der Waals surface area (Å²) in [5, 5.41) is 3.77. The van der Waals surface area contributed by atoms with Crippen LogP contribution in [0.4, 0.5) is 0 Å². The third kappa shape index (κ3) is 1.55. The SMILES string of the molecule is C1=NOCC(C2CCCC2)C1. The van der Waals surface area contributed by atoms with Crippen LogP contribution in [0.1, 0.15) is 32.1 Å². The van der Waals surface area contributed by atoms with Gasteiger partial charge in [0, 0.05) is 12.1 Å². The molecule has 0 bridgehead atoms. The molecule has 1 heterocycles. The first-order valence-electron chi connectivity index (χ1n) is 4.60. The van der Waals surface area contributed by atoms with E-state index in [0.717, 1.165) is 24.9 Å². The molecule has 0 amide bonds. The van der Waals surface area contributed by atoms with E-state index in [9.17, 15) is 0 Å². The minimum absolute atomic E-state index is 0.773. The quantitative estimate of drug-likeness (QED) is 0.566. The van der Waals surface area contributed by atoms with Crippen molar-refractivity contribution < 1.29 is 4.84 Å². The Balaban J connectivity index is 1.88. The zero-order valence-electron chi connectivity index (χ0n) is 6.83. The van der Waals surface area contributed by atoms with Gasteiger partial charge in [-0.05, 0) is 12.3 Å². The molecule has 0 saturated heterocycles. The Kier molecular flexibility index (Phi) is 2.11. The zero-order chi connectivity index (χ0) is 7.52. The highest BCUT2D eigenvalue weighted by molar-refractivity contribution is 5.57. The molecule has 0 spiro atoms. The molecule has 2 nitrogen and oxygen atoms in total. The molecule has 0 aromatic rings. The van der Waals surface area contributed by atoms with E-state index in [1.807, 2.05) is 6.21 Å². The molecule has 62 valence electrons. The first-order valence-corrected chi connectivity index (χ1v) is 4.60. The van der Waals surface area contributed by atoms with Crippen LogP contribution in [-0.2, 0) is 4.84 Å². The van der Waals surface area contributed by atoms with E-state index in [0.29, 0.717) is 0 Å². The molecule has 1 saturated carbocycles. The molecule has 0 aromatic carbocycles. The van der Waals surface area contributed by atoms with Crippen molar-refractivity contribution >= 4 is 6.21 Å². The lowest BCUT2D eigenvalue weighted by Gasteiger charge is -2.22. The predicted octanol–water partition coefficient (Wildman–Crippen LogP) is 2.20. The molecule has 11 heavy (non-hydrogen) atoms. The van der Waals surface area contributed by atoms with Crippen LogP contribution in [0.3, 0.4) is 0 Å². The van der Waals surface area contributed by atoms with Gasteiger partial charge in [0.25, 0.3) is 0 Å². The summed E-state index contributed by atoms with van der Waals surface area (Å²) < 4.78 is 0. The van der Waals surface area contributed by atoms with Crippen molar-refractivity contribution in [3.63, 3.8) is 0 Å². The van der Waals surface area contributed by atoms with Crippen LogP contribution >= 0.6 is 0 Å². The number of nitrogens with zero attached hydrogens (tertiary/aromatic N) is 1. The summed E-state index contributed by atoms with van der Waals surface area (Å²) in [4.78, 5) is 5.06. The average molecular weight is 153 g/mol. The van der Waals surface area contributed by atoms with E-state index >= 15 is 0 Å². The summed E-state index contributed by atoms with van der Waals surface area (Å²) in [7, 11) is 0. The van der Waals surface area contributed by atoms with Crippen LogP contribution in [0.2, 0.25) is 0 Å². The molecule has 0 N–H and O–H groups in total. The molecule has 0 radical (unpaired) electrons. The number of rotatable bonds is 1. The first-order chi connectivity index (χ1) is 5.47. The minimum atomic E-state index is 0.773. The van der Waals surface area contributed by atoms with Crippen LogP contribution in [-0.4, -0.2) is 12.8 Å². The van der Waals surface area contributed by atoms with E-state index in [1.54, 1.807) is 0 Å². The largest absolute Gasteiger partial charge is 0.396 e.